The topological polar surface area (TPSA) is 89.9 Å². The van der Waals surface area contributed by atoms with Crippen molar-refractivity contribution in [1.29, 1.82) is 0 Å². The van der Waals surface area contributed by atoms with Crippen LogP contribution in [0.3, 0.4) is 0 Å². The van der Waals surface area contributed by atoms with Gasteiger partial charge in [-0.2, -0.15) is 0 Å². The highest BCUT2D eigenvalue weighted by Crippen LogP contribution is 2.21. The van der Waals surface area contributed by atoms with E-state index in [0.717, 1.165) is 25.8 Å². The average Bonchev–Trinajstić information content (AvgIpc) is 2.82. The molecule has 6 nitrogen and oxygen atoms in total. The minimum absolute atomic E-state index is 0.0649. The first-order chi connectivity index (χ1) is 9.04. The van der Waals surface area contributed by atoms with Gasteiger partial charge in [0, 0.05) is 31.7 Å². The van der Waals surface area contributed by atoms with Crippen molar-refractivity contribution in [3.8, 4) is 0 Å². The summed E-state index contributed by atoms with van der Waals surface area (Å²) in [6.45, 7) is 2.72. The lowest BCUT2D eigenvalue weighted by Crippen LogP contribution is -2.46. The Balaban J connectivity index is 2.36. The molecule has 3 N–H and O–H groups in total. The lowest BCUT2D eigenvalue weighted by molar-refractivity contribution is -0.137. The third-order valence-corrected chi connectivity index (χ3v) is 3.49. The van der Waals surface area contributed by atoms with E-state index in [4.69, 9.17) is 10.2 Å². The third kappa shape index (κ3) is 5.46. The number of rotatable bonds is 7. The lowest BCUT2D eigenvalue weighted by Gasteiger charge is -2.26. The number of nitrogens with zero attached hydrogens (tertiary/aromatic N) is 1. The molecule has 2 amide bonds. The van der Waals surface area contributed by atoms with Gasteiger partial charge in [-0.25, -0.2) is 4.79 Å². The first-order valence-corrected chi connectivity index (χ1v) is 6.94. The molecule has 0 saturated carbocycles. The van der Waals surface area contributed by atoms with Crippen molar-refractivity contribution >= 4 is 12.0 Å². The summed E-state index contributed by atoms with van der Waals surface area (Å²) >= 11 is 0. The Morgan fingerprint density at radius 1 is 1.47 bits per heavy atom. The maximum atomic E-state index is 12.1. The number of nitrogens with one attached hydrogen (secondary N) is 1. The second-order valence-electron chi connectivity index (χ2n) is 5.14. The van der Waals surface area contributed by atoms with Gasteiger partial charge in [0.15, 0.2) is 0 Å². The van der Waals surface area contributed by atoms with E-state index in [2.05, 4.69) is 5.32 Å². The van der Waals surface area contributed by atoms with Gasteiger partial charge in [0.25, 0.3) is 0 Å². The van der Waals surface area contributed by atoms with Gasteiger partial charge in [0.1, 0.15) is 0 Å². The molecule has 1 heterocycles. The van der Waals surface area contributed by atoms with E-state index in [9.17, 15) is 9.59 Å². The zero-order valence-electron chi connectivity index (χ0n) is 11.5. The van der Waals surface area contributed by atoms with E-state index in [0.29, 0.717) is 12.8 Å². The van der Waals surface area contributed by atoms with Crippen LogP contribution in [0.15, 0.2) is 0 Å². The molecular weight excluding hydrogens is 248 g/mol. The Bertz CT molecular complexity index is 309. The van der Waals surface area contributed by atoms with Gasteiger partial charge in [0.05, 0.1) is 0 Å². The number of amides is 2. The highest BCUT2D eigenvalue weighted by atomic mass is 16.4. The summed E-state index contributed by atoms with van der Waals surface area (Å²) in [5.74, 6) is -0.844. The van der Waals surface area contributed by atoms with Crippen molar-refractivity contribution in [2.24, 2.45) is 0 Å². The molecule has 1 aliphatic heterocycles. The van der Waals surface area contributed by atoms with Crippen LogP contribution in [0.4, 0.5) is 4.79 Å². The molecule has 0 aromatic heterocycles. The van der Waals surface area contributed by atoms with Crippen molar-refractivity contribution < 1.29 is 19.8 Å². The number of carboxylic acid groups (broad SMARTS) is 1. The molecule has 1 fully saturated rings. The van der Waals surface area contributed by atoms with Crippen LogP contribution >= 0.6 is 0 Å². The van der Waals surface area contributed by atoms with Gasteiger partial charge < -0.3 is 20.4 Å². The number of hydrogen-bond donors (Lipinski definition) is 3. The van der Waals surface area contributed by atoms with Gasteiger partial charge in [-0.3, -0.25) is 4.79 Å². The van der Waals surface area contributed by atoms with Gasteiger partial charge in [-0.15, -0.1) is 0 Å². The van der Waals surface area contributed by atoms with Gasteiger partial charge >= 0.3 is 12.0 Å². The summed E-state index contributed by atoms with van der Waals surface area (Å²) in [5.41, 5.74) is 0. The van der Waals surface area contributed by atoms with Crippen LogP contribution in [0.2, 0.25) is 0 Å². The second kappa shape index (κ2) is 7.99. The Hall–Kier alpha value is -1.30. The number of urea groups is 1. The fourth-order valence-corrected chi connectivity index (χ4v) is 2.44. The molecular formula is C13H24N2O4. The number of aliphatic hydroxyl groups is 1. The highest BCUT2D eigenvalue weighted by molar-refractivity contribution is 5.75. The van der Waals surface area contributed by atoms with Crippen LogP contribution in [-0.2, 0) is 4.79 Å². The van der Waals surface area contributed by atoms with Crippen LogP contribution in [0, 0.1) is 0 Å². The molecule has 6 heteroatoms. The number of hydrogen-bond acceptors (Lipinski definition) is 3. The minimum Gasteiger partial charge on any atom is -0.481 e. The summed E-state index contributed by atoms with van der Waals surface area (Å²) in [7, 11) is 0. The zero-order valence-corrected chi connectivity index (χ0v) is 11.5. The molecule has 0 radical (unpaired) electrons. The number of carbonyl (C=O) groups excluding carboxylic acids is 1. The molecule has 0 aromatic rings. The molecule has 1 aliphatic rings. The fraction of sp³-hybridized carbons (Fsp3) is 0.846. The summed E-state index contributed by atoms with van der Waals surface area (Å²) in [6, 6.07) is -0.0418. The SMILES string of the molecule is CC(CCC(=O)O)NC(=O)N1CCCC1CCCO. The predicted molar refractivity (Wildman–Crippen MR) is 70.9 cm³/mol. The van der Waals surface area contributed by atoms with Gasteiger partial charge in [-0.1, -0.05) is 0 Å². The number of likely N-dealkylation sites (tertiary alicyclic amines) is 1. The maximum absolute atomic E-state index is 12.1. The van der Waals surface area contributed by atoms with Crippen LogP contribution in [0.1, 0.15) is 45.4 Å². The van der Waals surface area contributed by atoms with Crippen LogP contribution in [0.5, 0.6) is 0 Å². The first kappa shape index (κ1) is 15.8. The van der Waals surface area contributed by atoms with E-state index >= 15 is 0 Å². The number of carboxylic acids is 1. The van der Waals surface area contributed by atoms with Crippen LogP contribution in [-0.4, -0.2) is 52.3 Å². The molecule has 0 bridgehead atoms. The standard InChI is InChI=1S/C13H24N2O4/c1-10(6-7-12(17)18)14-13(19)15-8-2-4-11(15)5-3-9-16/h10-11,16H,2-9H2,1H3,(H,14,19)(H,17,18). The highest BCUT2D eigenvalue weighted by Gasteiger charge is 2.28. The monoisotopic (exact) mass is 272 g/mol. The Morgan fingerprint density at radius 3 is 2.84 bits per heavy atom. The summed E-state index contributed by atoms with van der Waals surface area (Å²) in [5, 5.41) is 20.3. The van der Waals surface area contributed by atoms with E-state index < -0.39 is 5.97 Å². The Kier molecular flexibility index (Phi) is 6.62. The van der Waals surface area contributed by atoms with E-state index in [1.54, 1.807) is 0 Å². The molecule has 0 aliphatic carbocycles. The first-order valence-electron chi connectivity index (χ1n) is 6.94. The quantitative estimate of drug-likeness (QED) is 0.649. The molecule has 0 spiro atoms. The molecule has 1 saturated heterocycles. The van der Waals surface area contributed by atoms with E-state index in [-0.39, 0.29) is 31.1 Å². The summed E-state index contributed by atoms with van der Waals surface area (Å²) in [4.78, 5) is 24.4. The Morgan fingerprint density at radius 2 is 2.21 bits per heavy atom. The van der Waals surface area contributed by atoms with E-state index in [1.807, 2.05) is 11.8 Å². The van der Waals surface area contributed by atoms with Crippen molar-refractivity contribution in [1.82, 2.24) is 10.2 Å². The van der Waals surface area contributed by atoms with Crippen LogP contribution in [0.25, 0.3) is 0 Å². The summed E-state index contributed by atoms with van der Waals surface area (Å²) < 4.78 is 0. The Labute approximate surface area is 113 Å². The minimum atomic E-state index is -0.844. The predicted octanol–water partition coefficient (Wildman–Crippen LogP) is 1.19. The fourth-order valence-electron chi connectivity index (χ4n) is 2.44. The van der Waals surface area contributed by atoms with Crippen molar-refractivity contribution in [2.75, 3.05) is 13.2 Å². The number of aliphatic carboxylic acids is 1. The average molecular weight is 272 g/mol. The molecule has 1 rings (SSSR count). The molecule has 2 unspecified atom stereocenters. The normalized spacial score (nSPS) is 20.3. The number of aliphatic hydroxyl groups excluding tert-OH is 1. The zero-order chi connectivity index (χ0) is 14.3. The van der Waals surface area contributed by atoms with Gasteiger partial charge in [-0.05, 0) is 39.0 Å². The van der Waals surface area contributed by atoms with Crippen molar-refractivity contribution in [2.45, 2.75) is 57.5 Å². The molecule has 110 valence electrons. The lowest BCUT2D eigenvalue weighted by atomic mass is 10.1. The third-order valence-electron chi connectivity index (χ3n) is 3.49. The van der Waals surface area contributed by atoms with Crippen molar-refractivity contribution in [3.63, 3.8) is 0 Å². The second-order valence-corrected chi connectivity index (χ2v) is 5.14. The van der Waals surface area contributed by atoms with Crippen molar-refractivity contribution in [3.05, 3.63) is 0 Å². The molecule has 2 atom stereocenters. The largest absolute Gasteiger partial charge is 0.481 e. The van der Waals surface area contributed by atoms with E-state index in [1.165, 1.54) is 0 Å². The maximum Gasteiger partial charge on any atom is 0.317 e. The summed E-state index contributed by atoms with van der Waals surface area (Å²) in [6.07, 6.45) is 4.02. The smallest absolute Gasteiger partial charge is 0.317 e. The molecule has 19 heavy (non-hydrogen) atoms. The van der Waals surface area contributed by atoms with Gasteiger partial charge in [0.2, 0.25) is 0 Å². The molecule has 0 aromatic carbocycles. The number of carbonyl (C=O) groups is 2. The van der Waals surface area contributed by atoms with Crippen LogP contribution < -0.4 is 5.32 Å².